The lowest BCUT2D eigenvalue weighted by Gasteiger charge is -2.39. The Kier molecular flexibility index (Phi) is 10.8. The molecule has 8 N–H and O–H groups in total. The van der Waals surface area contributed by atoms with Gasteiger partial charge in [0.1, 0.15) is 71.8 Å². The van der Waals surface area contributed by atoms with Crippen LogP contribution >= 0.6 is 0 Å². The first-order valence-corrected chi connectivity index (χ1v) is 13.4. The topological polar surface area (TPSA) is 217 Å². The summed E-state index contributed by atoms with van der Waals surface area (Å²) in [5.74, 6) is 1.41. The Hall–Kier alpha value is -2.76. The van der Waals surface area contributed by atoms with Crippen LogP contribution in [0.15, 0.2) is 36.4 Å². The molecule has 0 aliphatic carbocycles. The third kappa shape index (κ3) is 7.23. The minimum Gasteiger partial charge on any atom is -0.497 e. The molecule has 2 saturated heterocycles. The van der Waals surface area contributed by atoms with Crippen LogP contribution in [0.5, 0.6) is 23.0 Å². The van der Waals surface area contributed by atoms with E-state index in [9.17, 15) is 40.9 Å². The van der Waals surface area contributed by atoms with Gasteiger partial charge >= 0.3 is 0 Å². The zero-order valence-corrected chi connectivity index (χ0v) is 23.1. The van der Waals surface area contributed by atoms with Gasteiger partial charge in [-0.1, -0.05) is 0 Å². The summed E-state index contributed by atoms with van der Waals surface area (Å²) in [5.41, 5.74) is 1.54. The van der Waals surface area contributed by atoms with Crippen molar-refractivity contribution in [3.8, 4) is 23.0 Å². The summed E-state index contributed by atoms with van der Waals surface area (Å²) in [4.78, 5) is 0. The molecule has 4 rings (SSSR count). The second-order valence-electron chi connectivity index (χ2n) is 10.2. The van der Waals surface area contributed by atoms with Crippen molar-refractivity contribution in [2.45, 2.75) is 74.3 Å². The minimum atomic E-state index is -1.58. The second-order valence-corrected chi connectivity index (χ2v) is 10.2. The van der Waals surface area contributed by atoms with Gasteiger partial charge in [0.2, 0.25) is 12.6 Å². The first kappa shape index (κ1) is 32.2. The number of ether oxygens (including phenoxy) is 6. The molecule has 2 aliphatic heterocycles. The molecule has 2 fully saturated rings. The van der Waals surface area contributed by atoms with Crippen molar-refractivity contribution in [1.82, 2.24) is 0 Å². The zero-order chi connectivity index (χ0) is 30.6. The first-order valence-electron chi connectivity index (χ1n) is 13.4. The Morgan fingerprint density at radius 2 is 0.881 bits per heavy atom. The van der Waals surface area contributed by atoms with Crippen molar-refractivity contribution in [2.24, 2.45) is 0 Å². The van der Waals surface area contributed by atoms with Gasteiger partial charge in [-0.05, 0) is 48.2 Å². The monoisotopic (exact) mass is 598 g/mol. The van der Waals surface area contributed by atoms with Crippen molar-refractivity contribution in [3.63, 3.8) is 0 Å². The third-order valence-electron chi connectivity index (χ3n) is 7.25. The lowest BCUT2D eigenvalue weighted by atomic mass is 9.99. The van der Waals surface area contributed by atoms with Gasteiger partial charge in [-0.15, -0.1) is 0 Å². The Labute approximate surface area is 241 Å². The van der Waals surface area contributed by atoms with E-state index in [0.717, 1.165) is 11.1 Å². The second kappa shape index (κ2) is 14.1. The predicted molar refractivity (Wildman–Crippen MR) is 142 cm³/mol. The van der Waals surface area contributed by atoms with Crippen LogP contribution in [-0.4, -0.2) is 130 Å². The number of methoxy groups -OCH3 is 2. The standard InChI is InChI=1S/C28H38O14/c1-37-15-5-13(7-17(9-15)39-27-25(35)23(33)21(31)19(11-29)41-27)3-4-14-6-16(38-2)10-18(8-14)40-28-26(36)24(34)22(32)20(12-30)42-28/h5-10,19-36H,3-4,11-12H2,1-2H3/t19-,20-,21-,22-,23+,24+,25-,26-,27-,28-/m1/s1. The molecule has 0 unspecified atom stereocenters. The van der Waals surface area contributed by atoms with Gasteiger partial charge in [0.05, 0.1) is 27.4 Å². The molecule has 2 aliphatic rings. The van der Waals surface area contributed by atoms with Gasteiger partial charge in [-0.3, -0.25) is 0 Å². The highest BCUT2D eigenvalue weighted by Gasteiger charge is 2.45. The van der Waals surface area contributed by atoms with Crippen LogP contribution in [0.2, 0.25) is 0 Å². The van der Waals surface area contributed by atoms with Crippen LogP contribution in [0.1, 0.15) is 11.1 Å². The molecule has 2 aromatic rings. The van der Waals surface area contributed by atoms with Gasteiger partial charge in [-0.2, -0.15) is 0 Å². The number of rotatable bonds is 11. The lowest BCUT2D eigenvalue weighted by molar-refractivity contribution is -0.277. The quantitative estimate of drug-likeness (QED) is 0.138. The SMILES string of the molecule is COc1cc(CCc2cc(OC)cc(O[C@@H]3O[C@H](CO)[C@@H](O)[C@H](O)[C@H]3O)c2)cc(O[C@@H]2O[C@H](CO)[C@@H](O)[C@H](O)[C@H]2O)c1. The summed E-state index contributed by atoms with van der Waals surface area (Å²) in [6, 6.07) is 10.1. The molecule has 0 saturated carbocycles. The molecule has 10 atom stereocenters. The van der Waals surface area contributed by atoms with Gasteiger partial charge < -0.3 is 69.3 Å². The lowest BCUT2D eigenvalue weighted by Crippen LogP contribution is -2.60. The van der Waals surface area contributed by atoms with Gasteiger partial charge in [-0.25, -0.2) is 0 Å². The Bertz CT molecular complexity index is 1070. The molecule has 0 radical (unpaired) electrons. The number of hydrogen-bond donors (Lipinski definition) is 8. The van der Waals surface area contributed by atoms with E-state index in [2.05, 4.69) is 0 Å². The van der Waals surface area contributed by atoms with E-state index in [4.69, 9.17) is 28.4 Å². The van der Waals surface area contributed by atoms with Crippen LogP contribution in [0, 0.1) is 0 Å². The number of hydrogen-bond acceptors (Lipinski definition) is 14. The fourth-order valence-electron chi connectivity index (χ4n) is 4.81. The fraction of sp³-hybridized carbons (Fsp3) is 0.571. The maximum atomic E-state index is 10.3. The highest BCUT2D eigenvalue weighted by Crippen LogP contribution is 2.31. The van der Waals surface area contributed by atoms with E-state index in [0.29, 0.717) is 24.3 Å². The van der Waals surface area contributed by atoms with Gasteiger partial charge in [0.15, 0.2) is 0 Å². The summed E-state index contributed by atoms with van der Waals surface area (Å²) in [6.45, 7) is -1.17. The summed E-state index contributed by atoms with van der Waals surface area (Å²) >= 11 is 0. The molecule has 0 spiro atoms. The summed E-state index contributed by atoms with van der Waals surface area (Å²) in [5, 5.41) is 79.7. The van der Waals surface area contributed by atoms with E-state index in [-0.39, 0.29) is 11.5 Å². The van der Waals surface area contributed by atoms with Crippen molar-refractivity contribution < 1.29 is 69.3 Å². The van der Waals surface area contributed by atoms with Gasteiger partial charge in [0, 0.05) is 12.1 Å². The largest absolute Gasteiger partial charge is 0.497 e. The third-order valence-corrected chi connectivity index (χ3v) is 7.25. The zero-order valence-electron chi connectivity index (χ0n) is 23.1. The highest BCUT2D eigenvalue weighted by atomic mass is 16.7. The van der Waals surface area contributed by atoms with Crippen LogP contribution in [0.3, 0.4) is 0 Å². The average Bonchev–Trinajstić information content (AvgIpc) is 3.00. The smallest absolute Gasteiger partial charge is 0.229 e. The first-order chi connectivity index (χ1) is 20.1. The molecule has 2 heterocycles. The Balaban J connectivity index is 1.48. The molecular formula is C28H38O14. The molecular weight excluding hydrogens is 560 g/mol. The van der Waals surface area contributed by atoms with E-state index in [1.54, 1.807) is 36.4 Å². The maximum absolute atomic E-state index is 10.3. The normalized spacial score (nSPS) is 33.2. The molecule has 0 amide bonds. The molecule has 14 nitrogen and oxygen atoms in total. The van der Waals surface area contributed by atoms with Crippen molar-refractivity contribution in [3.05, 3.63) is 47.5 Å². The van der Waals surface area contributed by atoms with Crippen molar-refractivity contribution in [1.29, 1.82) is 0 Å². The van der Waals surface area contributed by atoms with E-state index in [1.165, 1.54) is 14.2 Å². The number of aliphatic hydroxyl groups is 8. The van der Waals surface area contributed by atoms with Crippen LogP contribution in [0.4, 0.5) is 0 Å². The molecule has 14 heteroatoms. The molecule has 234 valence electrons. The fourth-order valence-corrected chi connectivity index (χ4v) is 4.81. The Morgan fingerprint density at radius 1 is 0.524 bits per heavy atom. The van der Waals surface area contributed by atoms with E-state index in [1.807, 2.05) is 0 Å². The molecule has 42 heavy (non-hydrogen) atoms. The summed E-state index contributed by atoms with van der Waals surface area (Å²) in [6.07, 6.45) is -13.4. The summed E-state index contributed by atoms with van der Waals surface area (Å²) in [7, 11) is 2.95. The number of aryl methyl sites for hydroxylation is 2. The maximum Gasteiger partial charge on any atom is 0.229 e. The molecule has 2 aromatic carbocycles. The van der Waals surface area contributed by atoms with Gasteiger partial charge in [0.25, 0.3) is 0 Å². The minimum absolute atomic E-state index is 0.256. The summed E-state index contributed by atoms with van der Waals surface area (Å²) < 4.78 is 33.2. The Morgan fingerprint density at radius 3 is 1.21 bits per heavy atom. The van der Waals surface area contributed by atoms with Crippen molar-refractivity contribution >= 4 is 0 Å². The van der Waals surface area contributed by atoms with E-state index >= 15 is 0 Å². The van der Waals surface area contributed by atoms with Crippen molar-refractivity contribution in [2.75, 3.05) is 27.4 Å². The molecule has 0 bridgehead atoms. The van der Waals surface area contributed by atoms with Crippen LogP contribution in [-0.2, 0) is 22.3 Å². The highest BCUT2D eigenvalue weighted by molar-refractivity contribution is 5.41. The number of aliphatic hydroxyl groups excluding tert-OH is 8. The van der Waals surface area contributed by atoms with Crippen LogP contribution < -0.4 is 18.9 Å². The predicted octanol–water partition coefficient (Wildman–Crippen LogP) is -2.15. The average molecular weight is 599 g/mol. The number of benzene rings is 2. The molecule has 0 aromatic heterocycles. The van der Waals surface area contributed by atoms with E-state index < -0.39 is 74.6 Å². The van der Waals surface area contributed by atoms with Crippen LogP contribution in [0.25, 0.3) is 0 Å².